The molecule has 2 aromatic carbocycles. The Morgan fingerprint density at radius 2 is 1.72 bits per heavy atom. The van der Waals surface area contributed by atoms with Crippen molar-refractivity contribution < 1.29 is 9.94 Å². The highest BCUT2D eigenvalue weighted by atomic mass is 16.6. The average Bonchev–Trinajstić information content (AvgIpc) is 2.40. The van der Waals surface area contributed by atoms with E-state index < -0.39 is 0 Å². The molecule has 0 saturated carbocycles. The summed E-state index contributed by atoms with van der Waals surface area (Å²) in [5, 5.41) is 13.3. The molecule has 3 nitrogen and oxygen atoms in total. The van der Waals surface area contributed by atoms with E-state index in [1.54, 1.807) is 12.1 Å². The molecule has 0 aliphatic carbocycles. The smallest absolute Gasteiger partial charge is 0.115 e. The third-order valence-electron chi connectivity index (χ3n) is 2.62. The van der Waals surface area contributed by atoms with Crippen molar-refractivity contribution in [2.24, 2.45) is 5.16 Å². The van der Waals surface area contributed by atoms with E-state index >= 15 is 0 Å². The SMILES string of the molecule is CON=C(Cc1ccccc1)c1ccc(O)cc1. The molecule has 0 aromatic heterocycles. The number of rotatable bonds is 4. The van der Waals surface area contributed by atoms with Crippen LogP contribution in [0.1, 0.15) is 11.1 Å². The molecule has 0 unspecified atom stereocenters. The molecule has 0 aliphatic rings. The number of aromatic hydroxyl groups is 1. The van der Waals surface area contributed by atoms with Crippen molar-refractivity contribution in [1.82, 2.24) is 0 Å². The lowest BCUT2D eigenvalue weighted by atomic mass is 10.0. The molecular weight excluding hydrogens is 226 g/mol. The number of hydrogen-bond acceptors (Lipinski definition) is 3. The summed E-state index contributed by atoms with van der Waals surface area (Å²) in [5.41, 5.74) is 2.95. The van der Waals surface area contributed by atoms with E-state index in [4.69, 9.17) is 4.84 Å². The van der Waals surface area contributed by atoms with E-state index in [0.717, 1.165) is 11.3 Å². The summed E-state index contributed by atoms with van der Waals surface area (Å²) in [6.07, 6.45) is 0.694. The fourth-order valence-corrected chi connectivity index (χ4v) is 1.74. The number of oxime groups is 1. The van der Waals surface area contributed by atoms with Gasteiger partial charge in [0.1, 0.15) is 12.9 Å². The molecular formula is C15H15NO2. The van der Waals surface area contributed by atoms with Crippen LogP contribution < -0.4 is 0 Å². The Morgan fingerprint density at radius 1 is 1.06 bits per heavy atom. The van der Waals surface area contributed by atoms with Crippen LogP contribution in [0.5, 0.6) is 5.75 Å². The van der Waals surface area contributed by atoms with Crippen molar-refractivity contribution >= 4 is 5.71 Å². The highest BCUT2D eigenvalue weighted by Crippen LogP contribution is 2.13. The quantitative estimate of drug-likeness (QED) is 0.660. The first-order chi connectivity index (χ1) is 8.79. The molecule has 0 spiro atoms. The van der Waals surface area contributed by atoms with E-state index in [2.05, 4.69) is 5.16 Å². The molecule has 0 atom stereocenters. The van der Waals surface area contributed by atoms with Crippen molar-refractivity contribution in [2.75, 3.05) is 7.11 Å². The fourth-order valence-electron chi connectivity index (χ4n) is 1.74. The number of nitrogens with zero attached hydrogens (tertiary/aromatic N) is 1. The van der Waals surface area contributed by atoms with E-state index in [0.29, 0.717) is 6.42 Å². The van der Waals surface area contributed by atoms with Gasteiger partial charge in [0.2, 0.25) is 0 Å². The monoisotopic (exact) mass is 241 g/mol. The van der Waals surface area contributed by atoms with E-state index in [-0.39, 0.29) is 5.75 Å². The molecule has 0 amide bonds. The molecule has 0 bridgehead atoms. The molecule has 2 rings (SSSR count). The number of benzene rings is 2. The van der Waals surface area contributed by atoms with Gasteiger partial charge < -0.3 is 9.94 Å². The van der Waals surface area contributed by atoms with Crippen molar-refractivity contribution in [1.29, 1.82) is 0 Å². The number of phenolic OH excluding ortho intramolecular Hbond substituents is 1. The third-order valence-corrected chi connectivity index (χ3v) is 2.62. The normalized spacial score (nSPS) is 11.3. The van der Waals surface area contributed by atoms with Crippen LogP contribution in [0.3, 0.4) is 0 Å². The summed E-state index contributed by atoms with van der Waals surface area (Å²) in [6, 6.07) is 17.0. The summed E-state index contributed by atoms with van der Waals surface area (Å²) >= 11 is 0. The average molecular weight is 241 g/mol. The van der Waals surface area contributed by atoms with Gasteiger partial charge >= 0.3 is 0 Å². The standard InChI is InChI=1S/C15H15NO2/c1-18-16-15(11-12-5-3-2-4-6-12)13-7-9-14(17)10-8-13/h2-10,17H,11H2,1H3. The second-order valence-electron chi connectivity index (χ2n) is 3.93. The van der Waals surface area contributed by atoms with Crippen LogP contribution in [0.15, 0.2) is 59.8 Å². The minimum atomic E-state index is 0.246. The summed E-state index contributed by atoms with van der Waals surface area (Å²) < 4.78 is 0. The summed E-state index contributed by atoms with van der Waals surface area (Å²) in [4.78, 5) is 4.89. The van der Waals surface area contributed by atoms with Crippen molar-refractivity contribution in [2.45, 2.75) is 6.42 Å². The van der Waals surface area contributed by atoms with E-state index in [9.17, 15) is 5.11 Å². The van der Waals surface area contributed by atoms with Crippen LogP contribution in [0.25, 0.3) is 0 Å². The fraction of sp³-hybridized carbons (Fsp3) is 0.133. The topological polar surface area (TPSA) is 41.8 Å². The summed E-state index contributed by atoms with van der Waals surface area (Å²) in [7, 11) is 1.53. The number of hydrogen-bond donors (Lipinski definition) is 1. The molecule has 0 radical (unpaired) electrons. The first kappa shape index (κ1) is 12.2. The first-order valence-corrected chi connectivity index (χ1v) is 5.73. The van der Waals surface area contributed by atoms with Crippen molar-refractivity contribution in [3.63, 3.8) is 0 Å². The Kier molecular flexibility index (Phi) is 3.97. The first-order valence-electron chi connectivity index (χ1n) is 5.73. The lowest BCUT2D eigenvalue weighted by molar-refractivity contribution is 0.213. The molecule has 92 valence electrons. The Labute approximate surface area is 106 Å². The number of phenols is 1. The van der Waals surface area contributed by atoms with Crippen LogP contribution >= 0.6 is 0 Å². The van der Waals surface area contributed by atoms with Gasteiger partial charge in [-0.3, -0.25) is 0 Å². The van der Waals surface area contributed by atoms with Gasteiger partial charge in [-0.05, 0) is 35.4 Å². The third kappa shape index (κ3) is 3.10. The van der Waals surface area contributed by atoms with Crippen LogP contribution in [-0.2, 0) is 11.3 Å². The van der Waals surface area contributed by atoms with Gasteiger partial charge in [-0.25, -0.2) is 0 Å². The van der Waals surface area contributed by atoms with Gasteiger partial charge in [0, 0.05) is 6.42 Å². The predicted molar refractivity (Wildman–Crippen MR) is 71.8 cm³/mol. The Morgan fingerprint density at radius 3 is 2.33 bits per heavy atom. The van der Waals surface area contributed by atoms with E-state index in [1.165, 1.54) is 12.7 Å². The molecule has 3 heteroatoms. The zero-order chi connectivity index (χ0) is 12.8. The zero-order valence-corrected chi connectivity index (χ0v) is 10.2. The van der Waals surface area contributed by atoms with Crippen LogP contribution in [0, 0.1) is 0 Å². The Hall–Kier alpha value is -2.29. The molecule has 0 heterocycles. The molecule has 0 saturated heterocycles. The largest absolute Gasteiger partial charge is 0.508 e. The van der Waals surface area contributed by atoms with Gasteiger partial charge in [-0.15, -0.1) is 0 Å². The minimum absolute atomic E-state index is 0.246. The maximum Gasteiger partial charge on any atom is 0.115 e. The molecule has 2 aromatic rings. The van der Waals surface area contributed by atoms with Crippen molar-refractivity contribution in [3.05, 3.63) is 65.7 Å². The second kappa shape index (κ2) is 5.87. The Bertz CT molecular complexity index is 518. The predicted octanol–water partition coefficient (Wildman–Crippen LogP) is 2.99. The van der Waals surface area contributed by atoms with Gasteiger partial charge in [0.05, 0.1) is 5.71 Å². The maximum absolute atomic E-state index is 9.29. The second-order valence-corrected chi connectivity index (χ2v) is 3.93. The molecule has 18 heavy (non-hydrogen) atoms. The summed E-state index contributed by atoms with van der Waals surface area (Å²) in [5.74, 6) is 0.246. The van der Waals surface area contributed by atoms with Crippen LogP contribution in [-0.4, -0.2) is 17.9 Å². The van der Waals surface area contributed by atoms with Gasteiger partial charge in [0.25, 0.3) is 0 Å². The van der Waals surface area contributed by atoms with Gasteiger partial charge in [-0.1, -0.05) is 35.5 Å². The molecule has 0 aliphatic heterocycles. The van der Waals surface area contributed by atoms with Crippen LogP contribution in [0.2, 0.25) is 0 Å². The highest BCUT2D eigenvalue weighted by Gasteiger charge is 2.06. The van der Waals surface area contributed by atoms with Crippen LogP contribution in [0.4, 0.5) is 0 Å². The minimum Gasteiger partial charge on any atom is -0.508 e. The zero-order valence-electron chi connectivity index (χ0n) is 10.2. The maximum atomic E-state index is 9.29. The highest BCUT2D eigenvalue weighted by molar-refractivity contribution is 6.01. The summed E-state index contributed by atoms with van der Waals surface area (Å²) in [6.45, 7) is 0. The lowest BCUT2D eigenvalue weighted by Crippen LogP contribution is -2.05. The molecule has 0 fully saturated rings. The van der Waals surface area contributed by atoms with E-state index in [1.807, 2.05) is 42.5 Å². The molecule has 1 N–H and O–H groups in total. The van der Waals surface area contributed by atoms with Crippen molar-refractivity contribution in [3.8, 4) is 5.75 Å². The Balaban J connectivity index is 2.24. The van der Waals surface area contributed by atoms with Gasteiger partial charge in [0.15, 0.2) is 0 Å². The lowest BCUT2D eigenvalue weighted by Gasteiger charge is -2.06. The van der Waals surface area contributed by atoms with Gasteiger partial charge in [-0.2, -0.15) is 0 Å².